The molecule has 1 nitrogen and oxygen atoms in total. The van der Waals surface area contributed by atoms with Crippen LogP contribution in [-0.4, -0.2) is 31.7 Å². The van der Waals surface area contributed by atoms with Gasteiger partial charge in [-0.15, -0.1) is 0 Å². The standard InChI is InChI=1S/C20H38N.C5H6.BrH.Fe/c1-4-5-6-7-8-9-10-11-12-15-18-21(2,3)19-20-16-13-14-17-20;1-2-4-5-3-1;;/h13-14,16H,4-12,15,17-19H2,1-3H3;1-4H,5H2;1H;/q+1;;;+2/p-1. The third-order valence-electron chi connectivity index (χ3n) is 5.25. The van der Waals surface area contributed by atoms with Crippen LogP contribution in [0.2, 0.25) is 0 Å². The SMILES string of the molecule is C1=CCC=C1.CCCCCCCCCCCC[N+](C)(C)CC1=CC=CC1.[Br-].[Fe+2]. The molecule has 0 spiro atoms. The van der Waals surface area contributed by atoms with E-state index in [1.807, 2.05) is 0 Å². The van der Waals surface area contributed by atoms with E-state index in [4.69, 9.17) is 0 Å². The number of hydrogen-bond donors (Lipinski definition) is 0. The number of quaternary nitrogens is 1. The Kier molecular flexibility index (Phi) is 21.7. The summed E-state index contributed by atoms with van der Waals surface area (Å²) in [6.07, 6.45) is 31.8. The third-order valence-corrected chi connectivity index (χ3v) is 5.25. The summed E-state index contributed by atoms with van der Waals surface area (Å²) in [4.78, 5) is 0. The summed E-state index contributed by atoms with van der Waals surface area (Å²) in [6.45, 7) is 4.85. The van der Waals surface area contributed by atoms with Gasteiger partial charge in [-0.25, -0.2) is 0 Å². The van der Waals surface area contributed by atoms with Crippen molar-refractivity contribution in [2.45, 2.75) is 84.0 Å². The maximum atomic E-state index is 2.38. The molecule has 0 heterocycles. The monoisotopic (exact) mass is 493 g/mol. The van der Waals surface area contributed by atoms with Crippen LogP contribution in [0.15, 0.2) is 48.1 Å². The summed E-state index contributed by atoms with van der Waals surface area (Å²) >= 11 is 0. The van der Waals surface area contributed by atoms with Gasteiger partial charge < -0.3 is 21.5 Å². The molecule has 0 saturated heterocycles. The normalized spacial score (nSPS) is 14.2. The molecule has 0 aliphatic heterocycles. The first-order valence-electron chi connectivity index (χ1n) is 11.1. The van der Waals surface area contributed by atoms with Crippen molar-refractivity contribution in [1.29, 1.82) is 0 Å². The second kappa shape index (κ2) is 20.2. The van der Waals surface area contributed by atoms with Crippen LogP contribution in [0.3, 0.4) is 0 Å². The summed E-state index contributed by atoms with van der Waals surface area (Å²) in [6, 6.07) is 0. The van der Waals surface area contributed by atoms with Crippen LogP contribution in [0.25, 0.3) is 0 Å². The molecule has 0 aromatic heterocycles. The van der Waals surface area contributed by atoms with Crippen molar-refractivity contribution in [1.82, 2.24) is 0 Å². The number of allylic oxidation sites excluding steroid dienone is 7. The van der Waals surface area contributed by atoms with Gasteiger partial charge in [-0.3, -0.25) is 0 Å². The van der Waals surface area contributed by atoms with Crippen molar-refractivity contribution in [2.75, 3.05) is 27.2 Å². The Morgan fingerprint density at radius 2 is 1.29 bits per heavy atom. The maximum Gasteiger partial charge on any atom is 2.00 e. The molecular formula is C25H44BrFeN+2. The van der Waals surface area contributed by atoms with Gasteiger partial charge in [0.2, 0.25) is 0 Å². The zero-order valence-electron chi connectivity index (χ0n) is 18.6. The minimum atomic E-state index is 0. The predicted octanol–water partition coefficient (Wildman–Crippen LogP) is 4.37. The Bertz CT molecular complexity index is 453. The first-order chi connectivity index (χ1) is 12.6. The van der Waals surface area contributed by atoms with E-state index in [0.29, 0.717) is 0 Å². The molecule has 2 rings (SSSR count). The van der Waals surface area contributed by atoms with Crippen LogP contribution < -0.4 is 17.0 Å². The molecule has 0 bridgehead atoms. The molecule has 0 unspecified atom stereocenters. The van der Waals surface area contributed by atoms with E-state index in [1.54, 1.807) is 5.57 Å². The molecule has 0 atom stereocenters. The minimum absolute atomic E-state index is 0. The molecule has 0 radical (unpaired) electrons. The second-order valence-electron chi connectivity index (χ2n) is 8.55. The first kappa shape index (κ1) is 30.1. The van der Waals surface area contributed by atoms with Crippen LogP contribution in [-0.2, 0) is 17.1 Å². The Balaban J connectivity index is 0. The molecule has 162 valence electrons. The van der Waals surface area contributed by atoms with Crippen molar-refractivity contribution in [3.05, 3.63) is 48.1 Å². The van der Waals surface area contributed by atoms with Crippen LogP contribution in [0, 0.1) is 0 Å². The number of hydrogen-bond acceptors (Lipinski definition) is 0. The van der Waals surface area contributed by atoms with E-state index >= 15 is 0 Å². The summed E-state index contributed by atoms with van der Waals surface area (Å²) in [7, 11) is 4.76. The van der Waals surface area contributed by atoms with Crippen LogP contribution in [0.5, 0.6) is 0 Å². The van der Waals surface area contributed by atoms with E-state index < -0.39 is 0 Å². The zero-order chi connectivity index (χ0) is 18.9. The molecule has 3 heteroatoms. The molecule has 0 fully saturated rings. The Morgan fingerprint density at radius 1 is 0.750 bits per heavy atom. The van der Waals surface area contributed by atoms with Crippen molar-refractivity contribution < 1.29 is 38.5 Å². The summed E-state index contributed by atoms with van der Waals surface area (Å²) in [5.41, 5.74) is 1.60. The van der Waals surface area contributed by atoms with Gasteiger partial charge in [-0.1, -0.05) is 101 Å². The fourth-order valence-electron chi connectivity index (χ4n) is 3.66. The summed E-state index contributed by atoms with van der Waals surface area (Å²) in [5.74, 6) is 0. The largest absolute Gasteiger partial charge is 2.00 e. The molecule has 0 amide bonds. The Morgan fingerprint density at radius 3 is 1.71 bits per heavy atom. The predicted molar refractivity (Wildman–Crippen MR) is 118 cm³/mol. The van der Waals surface area contributed by atoms with Gasteiger partial charge in [0, 0.05) is 0 Å². The quantitative estimate of drug-likeness (QED) is 0.203. The van der Waals surface area contributed by atoms with Gasteiger partial charge in [0.1, 0.15) is 6.54 Å². The number of halogens is 1. The van der Waals surface area contributed by atoms with Crippen molar-refractivity contribution in [2.24, 2.45) is 0 Å². The molecule has 2 aliphatic carbocycles. The van der Waals surface area contributed by atoms with Gasteiger partial charge >= 0.3 is 17.1 Å². The molecule has 0 aromatic carbocycles. The van der Waals surface area contributed by atoms with E-state index in [0.717, 1.165) is 10.9 Å². The van der Waals surface area contributed by atoms with Gasteiger partial charge in [-0.2, -0.15) is 0 Å². The van der Waals surface area contributed by atoms with Crippen LogP contribution >= 0.6 is 0 Å². The Hall–Kier alpha value is -0.0805. The summed E-state index contributed by atoms with van der Waals surface area (Å²) in [5, 5.41) is 0. The smallest absolute Gasteiger partial charge is 1.00 e. The fraction of sp³-hybridized carbons (Fsp3) is 0.680. The molecule has 2 aliphatic rings. The van der Waals surface area contributed by atoms with Gasteiger partial charge in [0.15, 0.2) is 0 Å². The second-order valence-corrected chi connectivity index (χ2v) is 8.55. The average Bonchev–Trinajstić information content (AvgIpc) is 3.32. The first-order valence-corrected chi connectivity index (χ1v) is 11.1. The number of unbranched alkanes of at least 4 members (excludes halogenated alkanes) is 9. The van der Waals surface area contributed by atoms with Gasteiger partial charge in [0.25, 0.3) is 0 Å². The number of nitrogens with zero attached hydrogens (tertiary/aromatic N) is 1. The van der Waals surface area contributed by atoms with Crippen LogP contribution in [0.1, 0.15) is 84.0 Å². The number of likely N-dealkylation sites (N-methyl/N-ethyl adjacent to an activating group) is 1. The molecule has 0 aromatic rings. The van der Waals surface area contributed by atoms with E-state index in [1.165, 1.54) is 83.7 Å². The minimum Gasteiger partial charge on any atom is -1.00 e. The number of rotatable bonds is 13. The molecule has 28 heavy (non-hydrogen) atoms. The average molecular weight is 494 g/mol. The topological polar surface area (TPSA) is 0 Å². The van der Waals surface area contributed by atoms with E-state index in [2.05, 4.69) is 63.6 Å². The third kappa shape index (κ3) is 18.0. The van der Waals surface area contributed by atoms with Crippen molar-refractivity contribution in [3.63, 3.8) is 0 Å². The van der Waals surface area contributed by atoms with Gasteiger partial charge in [0.05, 0.1) is 20.6 Å². The summed E-state index contributed by atoms with van der Waals surface area (Å²) < 4.78 is 1.16. The Labute approximate surface area is 197 Å². The maximum absolute atomic E-state index is 2.38. The van der Waals surface area contributed by atoms with E-state index in [-0.39, 0.29) is 34.1 Å². The molecule has 0 saturated carbocycles. The van der Waals surface area contributed by atoms with Crippen molar-refractivity contribution >= 4 is 0 Å². The van der Waals surface area contributed by atoms with Crippen LogP contribution in [0.4, 0.5) is 0 Å². The molecular weight excluding hydrogens is 450 g/mol. The zero-order valence-corrected chi connectivity index (χ0v) is 21.3. The van der Waals surface area contributed by atoms with E-state index in [9.17, 15) is 0 Å². The van der Waals surface area contributed by atoms with Crippen molar-refractivity contribution in [3.8, 4) is 0 Å². The van der Waals surface area contributed by atoms with Gasteiger partial charge in [-0.05, 0) is 31.3 Å². The molecule has 0 N–H and O–H groups in total. The fourth-order valence-corrected chi connectivity index (χ4v) is 3.66.